The smallest absolute Gasteiger partial charge is 0.162 e. The minimum atomic E-state index is 0.556. The minimum absolute atomic E-state index is 0.556. The Morgan fingerprint density at radius 3 is 2.30 bits per heavy atom. The molecule has 0 aliphatic rings. The molecule has 106 valence electrons. The number of halogens is 1. The van der Waals surface area contributed by atoms with Crippen LogP contribution >= 0.6 is 11.6 Å². The Morgan fingerprint density at radius 1 is 1.00 bits per heavy atom. The van der Waals surface area contributed by atoms with E-state index >= 15 is 0 Å². The summed E-state index contributed by atoms with van der Waals surface area (Å²) in [5.74, 6) is 1.19. The van der Waals surface area contributed by atoms with Crippen molar-refractivity contribution in [3.63, 3.8) is 0 Å². The van der Waals surface area contributed by atoms with Gasteiger partial charge in [0.25, 0.3) is 0 Å². The van der Waals surface area contributed by atoms with Crippen molar-refractivity contribution < 1.29 is 9.47 Å². The molecule has 0 heterocycles. The fraction of sp³-hybridized carbons (Fsp3) is 0.200. The first-order chi connectivity index (χ1) is 9.55. The van der Waals surface area contributed by atoms with Gasteiger partial charge in [0.2, 0.25) is 0 Å². The van der Waals surface area contributed by atoms with E-state index in [-0.39, 0.29) is 0 Å². The van der Waals surface area contributed by atoms with Gasteiger partial charge in [-0.3, -0.25) is 0 Å². The van der Waals surface area contributed by atoms with Gasteiger partial charge in [-0.25, -0.2) is 0 Å². The topological polar surface area (TPSA) is 56.5 Å². The van der Waals surface area contributed by atoms with Crippen LogP contribution in [0.2, 0.25) is 5.02 Å². The normalized spacial score (nSPS) is 10.2. The molecule has 4 nitrogen and oxygen atoms in total. The lowest BCUT2D eigenvalue weighted by Crippen LogP contribution is -2.00. The van der Waals surface area contributed by atoms with Crippen LogP contribution in [0.3, 0.4) is 0 Å². The van der Waals surface area contributed by atoms with Gasteiger partial charge in [-0.15, -0.1) is 0 Å². The summed E-state index contributed by atoms with van der Waals surface area (Å²) in [7, 11) is 3.15. The van der Waals surface area contributed by atoms with Gasteiger partial charge < -0.3 is 20.5 Å². The lowest BCUT2D eigenvalue weighted by molar-refractivity contribution is 0.355. The van der Waals surface area contributed by atoms with Gasteiger partial charge in [0.1, 0.15) is 0 Å². The fourth-order valence-corrected chi connectivity index (χ4v) is 2.05. The Morgan fingerprint density at radius 2 is 1.65 bits per heavy atom. The summed E-state index contributed by atoms with van der Waals surface area (Å²) < 4.78 is 10.5. The number of nitrogen functional groups attached to an aromatic ring is 1. The molecule has 0 saturated heterocycles. The first-order valence-corrected chi connectivity index (χ1v) is 6.47. The van der Waals surface area contributed by atoms with Crippen LogP contribution in [0.5, 0.6) is 11.5 Å². The van der Waals surface area contributed by atoms with Crippen LogP contribution in [0.25, 0.3) is 0 Å². The summed E-state index contributed by atoms with van der Waals surface area (Å²) in [4.78, 5) is 0. The highest BCUT2D eigenvalue weighted by Crippen LogP contribution is 2.37. The molecule has 2 rings (SSSR count). The summed E-state index contributed by atoms with van der Waals surface area (Å²) >= 11 is 6.17. The molecule has 0 atom stereocenters. The van der Waals surface area contributed by atoms with Crippen LogP contribution in [0.1, 0.15) is 5.56 Å². The number of hydrogen-bond acceptors (Lipinski definition) is 4. The maximum Gasteiger partial charge on any atom is 0.162 e. The summed E-state index contributed by atoms with van der Waals surface area (Å²) in [6.07, 6.45) is 0. The molecule has 20 heavy (non-hydrogen) atoms. The number of benzene rings is 2. The number of methoxy groups -OCH3 is 2. The molecule has 0 aromatic heterocycles. The Hall–Kier alpha value is -2.07. The predicted molar refractivity (Wildman–Crippen MR) is 83.4 cm³/mol. The average Bonchev–Trinajstić information content (AvgIpc) is 2.44. The number of ether oxygens (including phenoxy) is 2. The maximum atomic E-state index is 6.17. The predicted octanol–water partition coefficient (Wildman–Crippen LogP) is 3.99. The Bertz CT molecular complexity index is 630. The molecular formula is C15H17ClN2O2. The van der Waals surface area contributed by atoms with E-state index in [1.54, 1.807) is 26.4 Å². The zero-order valence-electron chi connectivity index (χ0n) is 11.7. The number of nitrogens with two attached hydrogens (primary N) is 1. The second-order valence-electron chi connectivity index (χ2n) is 4.40. The lowest BCUT2D eigenvalue weighted by Gasteiger charge is -2.15. The van der Waals surface area contributed by atoms with Crippen molar-refractivity contribution in [2.45, 2.75) is 6.92 Å². The van der Waals surface area contributed by atoms with Gasteiger partial charge in [-0.05, 0) is 24.6 Å². The molecule has 0 bridgehead atoms. The zero-order chi connectivity index (χ0) is 14.7. The van der Waals surface area contributed by atoms with Crippen molar-refractivity contribution in [2.24, 2.45) is 0 Å². The summed E-state index contributed by atoms with van der Waals surface area (Å²) in [5.41, 5.74) is 9.19. The van der Waals surface area contributed by atoms with E-state index in [0.717, 1.165) is 16.9 Å². The molecule has 0 spiro atoms. The van der Waals surface area contributed by atoms with E-state index < -0.39 is 0 Å². The van der Waals surface area contributed by atoms with Crippen LogP contribution in [0, 0.1) is 6.92 Å². The number of rotatable bonds is 4. The first-order valence-electron chi connectivity index (χ1n) is 6.10. The molecule has 0 unspecified atom stereocenters. The third-order valence-electron chi connectivity index (χ3n) is 2.95. The van der Waals surface area contributed by atoms with E-state index in [1.165, 1.54) is 0 Å². The second kappa shape index (κ2) is 5.92. The number of nitrogens with one attached hydrogen (secondary N) is 1. The highest BCUT2D eigenvalue weighted by atomic mass is 35.5. The fourth-order valence-electron chi connectivity index (χ4n) is 1.88. The van der Waals surface area contributed by atoms with Crippen molar-refractivity contribution in [2.75, 3.05) is 25.3 Å². The van der Waals surface area contributed by atoms with Crippen LogP contribution in [-0.2, 0) is 0 Å². The lowest BCUT2D eigenvalue weighted by atomic mass is 10.2. The molecule has 2 aromatic carbocycles. The molecule has 0 aliphatic carbocycles. The molecular weight excluding hydrogens is 276 g/mol. The summed E-state index contributed by atoms with van der Waals surface area (Å²) in [6.45, 7) is 2.00. The van der Waals surface area contributed by atoms with Gasteiger partial charge in [0.15, 0.2) is 11.5 Å². The monoisotopic (exact) mass is 292 g/mol. The van der Waals surface area contributed by atoms with Crippen LogP contribution < -0.4 is 20.5 Å². The molecule has 0 amide bonds. The van der Waals surface area contributed by atoms with Gasteiger partial charge in [0, 0.05) is 12.1 Å². The van der Waals surface area contributed by atoms with Gasteiger partial charge in [-0.2, -0.15) is 0 Å². The number of aryl methyl sites for hydroxylation is 1. The third kappa shape index (κ3) is 2.91. The maximum absolute atomic E-state index is 6.17. The van der Waals surface area contributed by atoms with Crippen LogP contribution in [0.4, 0.5) is 17.1 Å². The minimum Gasteiger partial charge on any atom is -0.493 e. The molecule has 0 aliphatic heterocycles. The molecule has 0 radical (unpaired) electrons. The number of anilines is 3. The molecule has 3 N–H and O–H groups in total. The highest BCUT2D eigenvalue weighted by Gasteiger charge is 2.10. The van der Waals surface area contributed by atoms with Crippen molar-refractivity contribution >= 4 is 28.7 Å². The SMILES string of the molecule is COc1cc(N)c(Nc2cc(C)ccc2Cl)cc1OC. The van der Waals surface area contributed by atoms with E-state index in [2.05, 4.69) is 5.32 Å². The average molecular weight is 293 g/mol. The van der Waals surface area contributed by atoms with E-state index in [1.807, 2.05) is 25.1 Å². The molecule has 0 fully saturated rings. The van der Waals surface area contributed by atoms with Crippen LogP contribution in [-0.4, -0.2) is 14.2 Å². The second-order valence-corrected chi connectivity index (χ2v) is 4.81. The molecule has 2 aromatic rings. The van der Waals surface area contributed by atoms with Crippen LogP contribution in [0.15, 0.2) is 30.3 Å². The Labute approximate surface area is 123 Å². The van der Waals surface area contributed by atoms with Crippen molar-refractivity contribution in [3.8, 4) is 11.5 Å². The zero-order valence-corrected chi connectivity index (χ0v) is 12.4. The highest BCUT2D eigenvalue weighted by molar-refractivity contribution is 6.33. The standard InChI is InChI=1S/C15H17ClN2O2/c1-9-4-5-10(16)12(6-9)18-13-8-15(20-3)14(19-2)7-11(13)17/h4-8,18H,17H2,1-3H3. The van der Waals surface area contributed by atoms with E-state index in [0.29, 0.717) is 22.2 Å². The third-order valence-corrected chi connectivity index (χ3v) is 3.28. The van der Waals surface area contributed by atoms with E-state index in [9.17, 15) is 0 Å². The first kappa shape index (κ1) is 14.3. The van der Waals surface area contributed by atoms with E-state index in [4.69, 9.17) is 26.8 Å². The number of hydrogen-bond donors (Lipinski definition) is 2. The summed E-state index contributed by atoms with van der Waals surface area (Å²) in [6, 6.07) is 9.25. The van der Waals surface area contributed by atoms with Crippen molar-refractivity contribution in [1.82, 2.24) is 0 Å². The summed E-state index contributed by atoms with van der Waals surface area (Å²) in [5, 5.41) is 3.84. The Balaban J connectivity index is 2.40. The van der Waals surface area contributed by atoms with Crippen molar-refractivity contribution in [3.05, 3.63) is 40.9 Å². The quantitative estimate of drug-likeness (QED) is 0.837. The van der Waals surface area contributed by atoms with Crippen molar-refractivity contribution in [1.29, 1.82) is 0 Å². The molecule has 5 heteroatoms. The van der Waals surface area contributed by atoms with Gasteiger partial charge in [0.05, 0.1) is 36.3 Å². The Kier molecular flexibility index (Phi) is 4.25. The van der Waals surface area contributed by atoms with Gasteiger partial charge >= 0.3 is 0 Å². The largest absolute Gasteiger partial charge is 0.493 e. The molecule has 0 saturated carbocycles. The van der Waals surface area contributed by atoms with Gasteiger partial charge in [-0.1, -0.05) is 17.7 Å².